The Morgan fingerprint density at radius 2 is 2.35 bits per heavy atom. The Morgan fingerprint density at radius 3 is 3.12 bits per heavy atom. The molecule has 0 aliphatic carbocycles. The molecule has 17 heavy (non-hydrogen) atoms. The number of rotatable bonds is 2. The fourth-order valence-electron chi connectivity index (χ4n) is 2.67. The molecule has 0 amide bonds. The summed E-state index contributed by atoms with van der Waals surface area (Å²) in [6, 6.07) is 8.84. The summed E-state index contributed by atoms with van der Waals surface area (Å²) in [5.41, 5.74) is 3.92. The van der Waals surface area contributed by atoms with Gasteiger partial charge in [-0.05, 0) is 42.5 Å². The van der Waals surface area contributed by atoms with Gasteiger partial charge in [0.05, 0.1) is 5.52 Å². The number of fused-ring (bicyclic) bond motifs is 1. The largest absolute Gasteiger partial charge is 0.316 e. The molecule has 2 aromatic rings. The predicted molar refractivity (Wildman–Crippen MR) is 71.3 cm³/mol. The van der Waals surface area contributed by atoms with Gasteiger partial charge in [-0.25, -0.2) is 0 Å². The third-order valence-corrected chi connectivity index (χ3v) is 3.71. The third-order valence-electron chi connectivity index (χ3n) is 3.71. The number of benzene rings is 1. The smallest absolute Gasteiger partial charge is 0.0737 e. The lowest BCUT2D eigenvalue weighted by Crippen LogP contribution is -2.08. The van der Waals surface area contributed by atoms with Crippen molar-refractivity contribution < 1.29 is 0 Å². The molecule has 1 atom stereocenters. The summed E-state index contributed by atoms with van der Waals surface area (Å²) < 4.78 is 0. The predicted octanol–water partition coefficient (Wildman–Crippen LogP) is 2.87. The molecule has 0 bridgehead atoms. The van der Waals surface area contributed by atoms with Crippen molar-refractivity contribution in [3.8, 4) is 0 Å². The number of aryl methyl sites for hydroxylation is 1. The summed E-state index contributed by atoms with van der Waals surface area (Å²) in [7, 11) is 0. The van der Waals surface area contributed by atoms with Gasteiger partial charge in [-0.1, -0.05) is 25.1 Å². The van der Waals surface area contributed by atoms with Crippen molar-refractivity contribution in [3.05, 3.63) is 41.6 Å². The second kappa shape index (κ2) is 4.46. The van der Waals surface area contributed by atoms with Crippen LogP contribution in [-0.4, -0.2) is 18.1 Å². The van der Waals surface area contributed by atoms with Crippen molar-refractivity contribution in [2.75, 3.05) is 13.1 Å². The van der Waals surface area contributed by atoms with Crippen molar-refractivity contribution in [3.63, 3.8) is 0 Å². The number of hydrogen-bond donors (Lipinski definition) is 1. The summed E-state index contributed by atoms with van der Waals surface area (Å²) in [6.45, 7) is 4.40. The average Bonchev–Trinajstić information content (AvgIpc) is 2.91. The van der Waals surface area contributed by atoms with Crippen molar-refractivity contribution in [2.45, 2.75) is 25.7 Å². The zero-order valence-corrected chi connectivity index (χ0v) is 10.2. The minimum atomic E-state index is 0.638. The zero-order chi connectivity index (χ0) is 11.7. The van der Waals surface area contributed by atoms with E-state index in [1.54, 1.807) is 0 Å². The highest BCUT2D eigenvalue weighted by atomic mass is 14.9. The maximum absolute atomic E-state index is 4.67. The van der Waals surface area contributed by atoms with Crippen LogP contribution in [-0.2, 0) is 6.42 Å². The Bertz CT molecular complexity index is 527. The van der Waals surface area contributed by atoms with Gasteiger partial charge in [-0.15, -0.1) is 0 Å². The summed E-state index contributed by atoms with van der Waals surface area (Å²) in [5, 5.41) is 4.72. The molecular weight excluding hydrogens is 208 g/mol. The number of pyridine rings is 1. The normalized spacial score (nSPS) is 19.9. The first-order valence-corrected chi connectivity index (χ1v) is 6.46. The highest BCUT2D eigenvalue weighted by Crippen LogP contribution is 2.28. The van der Waals surface area contributed by atoms with E-state index >= 15 is 0 Å². The van der Waals surface area contributed by atoms with E-state index in [0.717, 1.165) is 19.5 Å². The molecule has 2 heteroatoms. The molecule has 1 aliphatic heterocycles. The standard InChI is InChI=1S/C15H18N2/c1-2-11-8-12-4-3-5-14(15(12)17-9-11)13-6-7-16-10-13/h3-5,8-9,13,16H,2,6-7,10H2,1H3. The lowest BCUT2D eigenvalue weighted by atomic mass is 9.95. The van der Waals surface area contributed by atoms with E-state index in [9.17, 15) is 0 Å². The first-order valence-electron chi connectivity index (χ1n) is 6.46. The molecule has 88 valence electrons. The van der Waals surface area contributed by atoms with Crippen LogP contribution in [0.1, 0.15) is 30.4 Å². The van der Waals surface area contributed by atoms with Crippen LogP contribution < -0.4 is 5.32 Å². The lowest BCUT2D eigenvalue weighted by molar-refractivity contribution is 0.768. The lowest BCUT2D eigenvalue weighted by Gasteiger charge is -2.12. The van der Waals surface area contributed by atoms with Gasteiger partial charge in [0.15, 0.2) is 0 Å². The molecule has 1 unspecified atom stereocenters. The highest BCUT2D eigenvalue weighted by Gasteiger charge is 2.19. The molecule has 2 nitrogen and oxygen atoms in total. The number of nitrogens with one attached hydrogen (secondary N) is 1. The Hall–Kier alpha value is -1.41. The summed E-state index contributed by atoms with van der Waals surface area (Å²) in [6.07, 6.45) is 4.31. The van der Waals surface area contributed by atoms with E-state index in [0.29, 0.717) is 5.92 Å². The molecule has 1 fully saturated rings. The van der Waals surface area contributed by atoms with Gasteiger partial charge >= 0.3 is 0 Å². The van der Waals surface area contributed by atoms with Crippen LogP contribution in [0.25, 0.3) is 10.9 Å². The van der Waals surface area contributed by atoms with Crippen LogP contribution in [0.3, 0.4) is 0 Å². The monoisotopic (exact) mass is 226 g/mol. The first-order chi connectivity index (χ1) is 8.38. The van der Waals surface area contributed by atoms with Gasteiger partial charge in [-0.2, -0.15) is 0 Å². The molecule has 1 saturated heterocycles. The Balaban J connectivity index is 2.12. The van der Waals surface area contributed by atoms with E-state index in [1.807, 2.05) is 6.20 Å². The first kappa shape index (κ1) is 10.7. The van der Waals surface area contributed by atoms with Gasteiger partial charge in [0, 0.05) is 18.1 Å². The average molecular weight is 226 g/mol. The molecule has 2 heterocycles. The molecule has 1 aromatic carbocycles. The maximum Gasteiger partial charge on any atom is 0.0737 e. The topological polar surface area (TPSA) is 24.9 Å². The van der Waals surface area contributed by atoms with Crippen LogP contribution in [0.4, 0.5) is 0 Å². The maximum atomic E-state index is 4.67. The second-order valence-electron chi connectivity index (χ2n) is 4.81. The van der Waals surface area contributed by atoms with Crippen LogP contribution in [0.2, 0.25) is 0 Å². The number of hydrogen-bond acceptors (Lipinski definition) is 2. The van der Waals surface area contributed by atoms with Gasteiger partial charge < -0.3 is 5.32 Å². The van der Waals surface area contributed by atoms with Gasteiger partial charge in [0.25, 0.3) is 0 Å². The van der Waals surface area contributed by atoms with E-state index < -0.39 is 0 Å². The van der Waals surface area contributed by atoms with Crippen LogP contribution in [0.5, 0.6) is 0 Å². The fourth-order valence-corrected chi connectivity index (χ4v) is 2.67. The van der Waals surface area contributed by atoms with E-state index in [-0.39, 0.29) is 0 Å². The second-order valence-corrected chi connectivity index (χ2v) is 4.81. The Kier molecular flexibility index (Phi) is 2.81. The summed E-state index contributed by atoms with van der Waals surface area (Å²) in [4.78, 5) is 4.67. The van der Waals surface area contributed by atoms with Gasteiger partial charge in [0.1, 0.15) is 0 Å². The van der Waals surface area contributed by atoms with E-state index in [1.165, 1.54) is 28.5 Å². The summed E-state index contributed by atoms with van der Waals surface area (Å²) in [5.74, 6) is 0.638. The van der Waals surface area contributed by atoms with Crippen molar-refractivity contribution >= 4 is 10.9 Å². The minimum Gasteiger partial charge on any atom is -0.316 e. The number of para-hydroxylation sites is 1. The van der Waals surface area contributed by atoms with Crippen LogP contribution >= 0.6 is 0 Å². The van der Waals surface area contributed by atoms with Crippen LogP contribution in [0, 0.1) is 0 Å². The molecule has 0 spiro atoms. The molecular formula is C15H18N2. The van der Waals surface area contributed by atoms with E-state index in [2.05, 4.69) is 41.5 Å². The summed E-state index contributed by atoms with van der Waals surface area (Å²) >= 11 is 0. The van der Waals surface area contributed by atoms with Gasteiger partial charge in [-0.3, -0.25) is 4.98 Å². The molecule has 0 saturated carbocycles. The number of nitrogens with zero attached hydrogens (tertiary/aromatic N) is 1. The van der Waals surface area contributed by atoms with Crippen molar-refractivity contribution in [1.82, 2.24) is 10.3 Å². The minimum absolute atomic E-state index is 0.638. The Morgan fingerprint density at radius 1 is 1.41 bits per heavy atom. The highest BCUT2D eigenvalue weighted by molar-refractivity contribution is 5.82. The Labute approximate surface area is 102 Å². The van der Waals surface area contributed by atoms with Gasteiger partial charge in [0.2, 0.25) is 0 Å². The molecule has 3 rings (SSSR count). The SMILES string of the molecule is CCc1cnc2c(C3CCNC3)cccc2c1. The van der Waals surface area contributed by atoms with E-state index in [4.69, 9.17) is 0 Å². The quantitative estimate of drug-likeness (QED) is 0.851. The molecule has 1 N–H and O–H groups in total. The molecule has 0 radical (unpaired) electrons. The third kappa shape index (κ3) is 1.93. The van der Waals surface area contributed by atoms with Crippen molar-refractivity contribution in [2.24, 2.45) is 0 Å². The zero-order valence-electron chi connectivity index (χ0n) is 10.2. The number of aromatic nitrogens is 1. The van der Waals surface area contributed by atoms with Crippen molar-refractivity contribution in [1.29, 1.82) is 0 Å². The molecule has 1 aromatic heterocycles. The fraction of sp³-hybridized carbons (Fsp3) is 0.400. The molecule has 1 aliphatic rings. The van der Waals surface area contributed by atoms with Crippen LogP contribution in [0.15, 0.2) is 30.5 Å².